The van der Waals surface area contributed by atoms with Gasteiger partial charge in [-0.1, -0.05) is 54.1 Å². The highest BCUT2D eigenvalue weighted by atomic mass is 16.5. The summed E-state index contributed by atoms with van der Waals surface area (Å²) in [7, 11) is 1.72. The Bertz CT molecular complexity index is 963. The van der Waals surface area contributed by atoms with Crippen molar-refractivity contribution in [3.05, 3.63) is 66.2 Å². The number of benzene rings is 4. The fourth-order valence-electron chi connectivity index (χ4n) is 3.18. The summed E-state index contributed by atoms with van der Waals surface area (Å²) in [5, 5.41) is 7.74. The van der Waals surface area contributed by atoms with Crippen LogP contribution in [-0.4, -0.2) is 7.11 Å². The van der Waals surface area contributed by atoms with Crippen molar-refractivity contribution in [2.24, 2.45) is 0 Å². The number of hydrogen-bond donors (Lipinski definition) is 0. The summed E-state index contributed by atoms with van der Waals surface area (Å²) in [6, 6.07) is 21.6. The maximum Gasteiger partial charge on any atom is 0.119 e. The van der Waals surface area contributed by atoms with Crippen LogP contribution < -0.4 is 4.74 Å². The van der Waals surface area contributed by atoms with E-state index in [0.717, 1.165) is 5.75 Å². The van der Waals surface area contributed by atoms with Gasteiger partial charge in [-0.05, 0) is 51.4 Å². The van der Waals surface area contributed by atoms with Crippen LogP contribution in [0.3, 0.4) is 0 Å². The van der Waals surface area contributed by atoms with Gasteiger partial charge in [0.15, 0.2) is 0 Å². The Kier molecular flexibility index (Phi) is 2.61. The second kappa shape index (κ2) is 4.49. The average molecular weight is 272 g/mol. The average Bonchev–Trinajstić information content (AvgIpc) is 2.54. The summed E-state index contributed by atoms with van der Waals surface area (Å²) in [5.74, 6) is 0.902. The van der Waals surface area contributed by atoms with Crippen LogP contribution >= 0.6 is 0 Å². The van der Waals surface area contributed by atoms with Gasteiger partial charge in [-0.15, -0.1) is 0 Å². The maximum atomic E-state index is 5.40. The number of ether oxygens (including phenoxy) is 1. The van der Waals surface area contributed by atoms with Gasteiger partial charge < -0.3 is 4.74 Å². The number of rotatable bonds is 1. The van der Waals surface area contributed by atoms with E-state index in [9.17, 15) is 0 Å². The van der Waals surface area contributed by atoms with E-state index in [1.165, 1.54) is 37.9 Å². The van der Waals surface area contributed by atoms with E-state index >= 15 is 0 Å². The highest BCUT2D eigenvalue weighted by molar-refractivity contribution is 6.25. The molecule has 1 nitrogen and oxygen atoms in total. The quantitative estimate of drug-likeness (QED) is 0.418. The molecule has 0 spiro atoms. The zero-order valence-corrected chi connectivity index (χ0v) is 12.2. The maximum absolute atomic E-state index is 5.40. The fraction of sp³-hybridized carbons (Fsp3) is 0.100. The molecule has 1 heteroatoms. The minimum Gasteiger partial charge on any atom is -0.497 e. The molecule has 0 bridgehead atoms. The molecule has 4 aromatic rings. The Labute approximate surface area is 123 Å². The summed E-state index contributed by atoms with van der Waals surface area (Å²) in [6.45, 7) is 2.15. The van der Waals surface area contributed by atoms with Crippen molar-refractivity contribution in [3.8, 4) is 5.75 Å². The Morgan fingerprint density at radius 1 is 0.619 bits per heavy atom. The molecule has 0 radical (unpaired) electrons. The standard InChI is InChI=1S/C20H16O/c1-13-7-9-17-18-10-8-14(21-2)12-20(18)16-6-4-3-5-15(16)19(17)11-13/h3-12H,1-2H3. The van der Waals surface area contributed by atoms with Crippen LogP contribution in [0.1, 0.15) is 5.56 Å². The fourth-order valence-corrected chi connectivity index (χ4v) is 3.18. The lowest BCUT2D eigenvalue weighted by atomic mass is 9.93. The molecule has 0 unspecified atom stereocenters. The zero-order chi connectivity index (χ0) is 14.4. The van der Waals surface area contributed by atoms with Crippen LogP contribution in [0.4, 0.5) is 0 Å². The first-order valence-electron chi connectivity index (χ1n) is 7.17. The lowest BCUT2D eigenvalue weighted by Crippen LogP contribution is -1.86. The number of methoxy groups -OCH3 is 1. The number of fused-ring (bicyclic) bond motifs is 6. The predicted molar refractivity (Wildman–Crippen MR) is 90.2 cm³/mol. The summed E-state index contributed by atoms with van der Waals surface area (Å²) in [4.78, 5) is 0. The van der Waals surface area contributed by atoms with Crippen LogP contribution in [0, 0.1) is 6.92 Å². The van der Waals surface area contributed by atoms with Crippen LogP contribution in [0.25, 0.3) is 32.3 Å². The van der Waals surface area contributed by atoms with Gasteiger partial charge in [0.05, 0.1) is 7.11 Å². The molecule has 0 aliphatic carbocycles. The Morgan fingerprint density at radius 2 is 1.19 bits per heavy atom. The van der Waals surface area contributed by atoms with Gasteiger partial charge in [0, 0.05) is 0 Å². The molecule has 0 fully saturated rings. The number of aryl methyl sites for hydroxylation is 1. The molecule has 0 N–H and O–H groups in total. The molecule has 0 aromatic heterocycles. The van der Waals surface area contributed by atoms with E-state index in [1.807, 2.05) is 6.07 Å². The molecule has 102 valence electrons. The van der Waals surface area contributed by atoms with E-state index in [2.05, 4.69) is 61.5 Å². The molecule has 0 aliphatic heterocycles. The van der Waals surface area contributed by atoms with Crippen molar-refractivity contribution in [2.45, 2.75) is 6.92 Å². The van der Waals surface area contributed by atoms with Gasteiger partial charge in [0.25, 0.3) is 0 Å². The highest BCUT2D eigenvalue weighted by Gasteiger charge is 2.09. The van der Waals surface area contributed by atoms with Crippen LogP contribution in [0.5, 0.6) is 5.75 Å². The minimum absolute atomic E-state index is 0.902. The van der Waals surface area contributed by atoms with Crippen LogP contribution in [-0.2, 0) is 0 Å². The van der Waals surface area contributed by atoms with Crippen LogP contribution in [0.15, 0.2) is 60.7 Å². The largest absolute Gasteiger partial charge is 0.497 e. The lowest BCUT2D eigenvalue weighted by Gasteiger charge is -2.12. The smallest absolute Gasteiger partial charge is 0.119 e. The normalized spacial score (nSPS) is 11.3. The molecular weight excluding hydrogens is 256 g/mol. The lowest BCUT2D eigenvalue weighted by molar-refractivity contribution is 0.415. The third-order valence-corrected chi connectivity index (χ3v) is 4.20. The number of hydrogen-bond acceptors (Lipinski definition) is 1. The third kappa shape index (κ3) is 1.78. The molecule has 0 atom stereocenters. The molecule has 0 aliphatic rings. The van der Waals surface area contributed by atoms with Crippen LogP contribution in [0.2, 0.25) is 0 Å². The van der Waals surface area contributed by atoms with Crippen molar-refractivity contribution in [3.63, 3.8) is 0 Å². The van der Waals surface area contributed by atoms with E-state index in [1.54, 1.807) is 7.11 Å². The van der Waals surface area contributed by atoms with Gasteiger partial charge >= 0.3 is 0 Å². The molecule has 4 aromatic carbocycles. The minimum atomic E-state index is 0.902. The van der Waals surface area contributed by atoms with Gasteiger partial charge in [0.1, 0.15) is 5.75 Å². The molecule has 0 heterocycles. The monoisotopic (exact) mass is 272 g/mol. The first-order chi connectivity index (χ1) is 10.3. The van der Waals surface area contributed by atoms with Crippen molar-refractivity contribution >= 4 is 32.3 Å². The molecule has 0 amide bonds. The van der Waals surface area contributed by atoms with E-state index in [4.69, 9.17) is 4.74 Å². The molecule has 4 rings (SSSR count). The molecular formula is C20H16O. The Morgan fingerprint density at radius 3 is 1.86 bits per heavy atom. The van der Waals surface area contributed by atoms with E-state index in [0.29, 0.717) is 0 Å². The van der Waals surface area contributed by atoms with Crippen molar-refractivity contribution in [2.75, 3.05) is 7.11 Å². The second-order valence-electron chi connectivity index (χ2n) is 5.51. The Balaban J connectivity index is 2.33. The van der Waals surface area contributed by atoms with Gasteiger partial charge in [0.2, 0.25) is 0 Å². The SMILES string of the molecule is COc1ccc2c3ccc(C)cc3c3ccccc3c2c1. The summed E-state index contributed by atoms with van der Waals surface area (Å²) >= 11 is 0. The third-order valence-electron chi connectivity index (χ3n) is 4.20. The second-order valence-corrected chi connectivity index (χ2v) is 5.51. The summed E-state index contributed by atoms with van der Waals surface area (Å²) in [6.07, 6.45) is 0. The summed E-state index contributed by atoms with van der Waals surface area (Å²) in [5.41, 5.74) is 1.29. The first kappa shape index (κ1) is 12.2. The van der Waals surface area contributed by atoms with E-state index < -0.39 is 0 Å². The predicted octanol–water partition coefficient (Wildman–Crippen LogP) is 5.46. The first-order valence-corrected chi connectivity index (χ1v) is 7.17. The topological polar surface area (TPSA) is 9.23 Å². The van der Waals surface area contributed by atoms with Crippen molar-refractivity contribution in [1.82, 2.24) is 0 Å². The Hall–Kier alpha value is -2.54. The molecule has 0 saturated heterocycles. The van der Waals surface area contributed by atoms with Gasteiger partial charge in [-0.3, -0.25) is 0 Å². The van der Waals surface area contributed by atoms with Gasteiger partial charge in [-0.2, -0.15) is 0 Å². The van der Waals surface area contributed by atoms with Crippen molar-refractivity contribution in [1.29, 1.82) is 0 Å². The van der Waals surface area contributed by atoms with E-state index in [-0.39, 0.29) is 0 Å². The zero-order valence-electron chi connectivity index (χ0n) is 12.2. The molecule has 0 saturated carbocycles. The summed E-state index contributed by atoms with van der Waals surface area (Å²) < 4.78 is 5.40. The van der Waals surface area contributed by atoms with Gasteiger partial charge in [-0.25, -0.2) is 0 Å². The highest BCUT2D eigenvalue weighted by Crippen LogP contribution is 2.36. The molecule has 21 heavy (non-hydrogen) atoms. The van der Waals surface area contributed by atoms with Crippen molar-refractivity contribution < 1.29 is 4.74 Å².